The number of hydrogen-bond acceptors (Lipinski definition) is 3. The SMILES string of the molecule is CC.CC#CCC(C)C(O)/C=C/C1CCC2C/C(=C\CCCC(=O)O)CC12.CC(=O)O. The quantitative estimate of drug-likeness (QED) is 0.259. The van der Waals surface area contributed by atoms with E-state index in [0.717, 1.165) is 38.5 Å². The zero-order chi connectivity index (χ0) is 23.8. The second kappa shape index (κ2) is 16.6. The van der Waals surface area contributed by atoms with Crippen LogP contribution in [0.2, 0.25) is 0 Å². The monoisotopic (exact) mass is 434 g/mol. The van der Waals surface area contributed by atoms with Gasteiger partial charge in [-0.3, -0.25) is 9.59 Å². The summed E-state index contributed by atoms with van der Waals surface area (Å²) in [5.74, 6) is 6.63. The maximum absolute atomic E-state index is 10.6. The number of unbranched alkanes of at least 4 members (excludes halogenated alkanes) is 1. The van der Waals surface area contributed by atoms with E-state index in [1.807, 2.05) is 33.8 Å². The molecule has 176 valence electrons. The molecule has 31 heavy (non-hydrogen) atoms. The van der Waals surface area contributed by atoms with Crippen LogP contribution >= 0.6 is 0 Å². The predicted molar refractivity (Wildman–Crippen MR) is 126 cm³/mol. The fraction of sp³-hybridized carbons (Fsp3) is 0.692. The first-order valence-corrected chi connectivity index (χ1v) is 11.6. The van der Waals surface area contributed by atoms with Crippen LogP contribution in [0.4, 0.5) is 0 Å². The summed E-state index contributed by atoms with van der Waals surface area (Å²) in [6.07, 6.45) is 13.6. The molecule has 0 bridgehead atoms. The molecule has 0 radical (unpaired) electrons. The van der Waals surface area contributed by atoms with Gasteiger partial charge in [-0.1, -0.05) is 44.6 Å². The van der Waals surface area contributed by atoms with Crippen LogP contribution in [0.15, 0.2) is 23.8 Å². The largest absolute Gasteiger partial charge is 0.481 e. The van der Waals surface area contributed by atoms with Gasteiger partial charge >= 0.3 is 5.97 Å². The van der Waals surface area contributed by atoms with Gasteiger partial charge in [-0.15, -0.1) is 11.8 Å². The van der Waals surface area contributed by atoms with Crippen LogP contribution in [-0.4, -0.2) is 33.4 Å². The number of rotatable bonds is 8. The maximum atomic E-state index is 10.6. The lowest BCUT2D eigenvalue weighted by Gasteiger charge is -2.17. The van der Waals surface area contributed by atoms with Gasteiger partial charge < -0.3 is 15.3 Å². The van der Waals surface area contributed by atoms with Crippen molar-refractivity contribution in [3.8, 4) is 11.8 Å². The first kappa shape index (κ1) is 28.9. The van der Waals surface area contributed by atoms with E-state index in [1.165, 1.54) is 24.8 Å². The number of fused-ring (bicyclic) bond motifs is 1. The molecule has 2 rings (SSSR count). The molecule has 0 aliphatic heterocycles. The highest BCUT2D eigenvalue weighted by Crippen LogP contribution is 2.50. The van der Waals surface area contributed by atoms with Gasteiger partial charge in [0.1, 0.15) is 0 Å². The van der Waals surface area contributed by atoms with Crippen LogP contribution < -0.4 is 0 Å². The normalized spacial score (nSPS) is 24.7. The predicted octanol–water partition coefficient (Wildman–Crippen LogP) is 5.69. The van der Waals surface area contributed by atoms with Gasteiger partial charge in [0.25, 0.3) is 5.97 Å². The Balaban J connectivity index is 0.00000134. The Labute approximate surface area is 188 Å². The lowest BCUT2D eigenvalue weighted by atomic mass is 9.90. The van der Waals surface area contributed by atoms with Crippen molar-refractivity contribution in [3.63, 3.8) is 0 Å². The highest BCUT2D eigenvalue weighted by molar-refractivity contribution is 5.66. The number of aliphatic hydroxyl groups is 1. The number of hydrogen-bond donors (Lipinski definition) is 3. The van der Waals surface area contributed by atoms with Crippen molar-refractivity contribution in [1.82, 2.24) is 0 Å². The van der Waals surface area contributed by atoms with Crippen LogP contribution in [0, 0.1) is 35.5 Å². The third-order valence-corrected chi connectivity index (χ3v) is 5.82. The van der Waals surface area contributed by atoms with E-state index in [0.29, 0.717) is 11.8 Å². The number of carbonyl (C=O) groups is 2. The zero-order valence-corrected chi connectivity index (χ0v) is 19.9. The van der Waals surface area contributed by atoms with Gasteiger partial charge in [0.05, 0.1) is 6.10 Å². The molecule has 2 aliphatic rings. The summed E-state index contributed by atoms with van der Waals surface area (Å²) in [6.45, 7) is 8.96. The minimum Gasteiger partial charge on any atom is -0.481 e. The average molecular weight is 435 g/mol. The van der Waals surface area contributed by atoms with Crippen molar-refractivity contribution in [2.45, 2.75) is 92.1 Å². The van der Waals surface area contributed by atoms with Crippen molar-refractivity contribution >= 4 is 11.9 Å². The number of carboxylic acids is 2. The molecule has 0 aromatic heterocycles. The van der Waals surface area contributed by atoms with E-state index in [1.54, 1.807) is 0 Å². The summed E-state index contributed by atoms with van der Waals surface area (Å²) in [4.78, 5) is 19.6. The second-order valence-corrected chi connectivity index (χ2v) is 8.22. The molecule has 5 unspecified atom stereocenters. The van der Waals surface area contributed by atoms with Crippen molar-refractivity contribution in [2.24, 2.45) is 23.7 Å². The molecule has 2 saturated carbocycles. The van der Waals surface area contributed by atoms with Crippen molar-refractivity contribution in [1.29, 1.82) is 0 Å². The maximum Gasteiger partial charge on any atom is 0.303 e. The summed E-state index contributed by atoms with van der Waals surface area (Å²) in [6, 6.07) is 0. The molecule has 5 heteroatoms. The molecule has 0 amide bonds. The minimum absolute atomic E-state index is 0.175. The summed E-state index contributed by atoms with van der Waals surface area (Å²) >= 11 is 0. The molecule has 0 spiro atoms. The van der Waals surface area contributed by atoms with E-state index < -0.39 is 18.0 Å². The Morgan fingerprint density at radius 2 is 1.84 bits per heavy atom. The highest BCUT2D eigenvalue weighted by Gasteiger charge is 2.39. The Kier molecular flexibility index (Phi) is 15.5. The van der Waals surface area contributed by atoms with Gasteiger partial charge in [-0.2, -0.15) is 0 Å². The lowest BCUT2D eigenvalue weighted by molar-refractivity contribution is -0.137. The molecule has 2 aliphatic carbocycles. The van der Waals surface area contributed by atoms with Gasteiger partial charge in [0, 0.05) is 19.8 Å². The van der Waals surface area contributed by atoms with E-state index in [-0.39, 0.29) is 12.3 Å². The number of aliphatic hydroxyl groups excluding tert-OH is 1. The van der Waals surface area contributed by atoms with E-state index in [2.05, 4.69) is 24.0 Å². The molecule has 0 saturated heterocycles. The molecule has 0 aromatic carbocycles. The average Bonchev–Trinajstić information content (AvgIpc) is 3.29. The Hall–Kier alpha value is -2.06. The number of aliphatic carboxylic acids is 2. The van der Waals surface area contributed by atoms with Gasteiger partial charge in [0.2, 0.25) is 0 Å². The van der Waals surface area contributed by atoms with Crippen LogP contribution in [0.3, 0.4) is 0 Å². The molecular formula is C26H42O5. The number of allylic oxidation sites excluding steroid dienone is 3. The van der Waals surface area contributed by atoms with Crippen molar-refractivity contribution < 1.29 is 24.9 Å². The molecule has 5 nitrogen and oxygen atoms in total. The molecule has 2 fully saturated rings. The summed E-state index contributed by atoms with van der Waals surface area (Å²) in [5, 5.41) is 26.4. The fourth-order valence-electron chi connectivity index (χ4n) is 4.27. The third-order valence-electron chi connectivity index (χ3n) is 5.82. The Morgan fingerprint density at radius 3 is 2.42 bits per heavy atom. The van der Waals surface area contributed by atoms with Crippen molar-refractivity contribution in [3.05, 3.63) is 23.8 Å². The Bertz CT molecular complexity index is 648. The molecule has 5 atom stereocenters. The fourth-order valence-corrected chi connectivity index (χ4v) is 4.27. The van der Waals surface area contributed by atoms with E-state index >= 15 is 0 Å². The molecule has 0 heterocycles. The van der Waals surface area contributed by atoms with E-state index in [4.69, 9.17) is 15.0 Å². The second-order valence-electron chi connectivity index (χ2n) is 8.22. The van der Waals surface area contributed by atoms with Crippen LogP contribution in [-0.2, 0) is 9.59 Å². The zero-order valence-electron chi connectivity index (χ0n) is 19.9. The molecule has 0 aromatic rings. The summed E-state index contributed by atoms with van der Waals surface area (Å²) in [7, 11) is 0. The molecule has 3 N–H and O–H groups in total. The standard InChI is InChI=1S/C22H32O3.C2H4O2.C2H6/c1-3-4-7-16(2)21(23)13-12-18-10-11-19-14-17(15-20(18)19)8-5-6-9-22(24)25;1-2(3)4;1-2/h8,12-13,16,18-21,23H,5-7,9-11,14-15H2,1-2H3,(H,24,25);1H3,(H,3,4);1-2H3/b13-12+,17-8+;;. The van der Waals surface area contributed by atoms with E-state index in [9.17, 15) is 9.90 Å². The first-order valence-electron chi connectivity index (χ1n) is 11.6. The molecular weight excluding hydrogens is 392 g/mol. The summed E-state index contributed by atoms with van der Waals surface area (Å²) < 4.78 is 0. The minimum atomic E-state index is -0.833. The van der Waals surface area contributed by atoms with Crippen LogP contribution in [0.1, 0.15) is 86.0 Å². The van der Waals surface area contributed by atoms with Crippen LogP contribution in [0.5, 0.6) is 0 Å². The highest BCUT2D eigenvalue weighted by atomic mass is 16.4. The lowest BCUT2D eigenvalue weighted by Crippen LogP contribution is -2.15. The smallest absolute Gasteiger partial charge is 0.303 e. The first-order chi connectivity index (χ1) is 14.7. The topological polar surface area (TPSA) is 94.8 Å². The Morgan fingerprint density at radius 1 is 1.19 bits per heavy atom. The number of carboxylic acid groups (broad SMARTS) is 2. The van der Waals surface area contributed by atoms with Crippen LogP contribution in [0.25, 0.3) is 0 Å². The van der Waals surface area contributed by atoms with Gasteiger partial charge in [-0.25, -0.2) is 0 Å². The third kappa shape index (κ3) is 12.4. The van der Waals surface area contributed by atoms with Crippen molar-refractivity contribution in [2.75, 3.05) is 0 Å². The summed E-state index contributed by atoms with van der Waals surface area (Å²) in [5.41, 5.74) is 1.52. The van der Waals surface area contributed by atoms with Gasteiger partial charge in [0.15, 0.2) is 0 Å². The van der Waals surface area contributed by atoms with Gasteiger partial charge in [-0.05, 0) is 69.1 Å².